The van der Waals surface area contributed by atoms with Crippen LogP contribution in [0.25, 0.3) is 27.7 Å². The Kier molecular flexibility index (Phi) is 13.5. The number of benzene rings is 1. The van der Waals surface area contributed by atoms with Gasteiger partial charge in [-0.1, -0.05) is 39.5 Å². The van der Waals surface area contributed by atoms with Crippen LogP contribution in [0.1, 0.15) is 104 Å². The molecular formula is C48H65N7O7S. The predicted molar refractivity (Wildman–Crippen MR) is 246 cm³/mol. The monoisotopic (exact) mass is 883 g/mol. The molecule has 4 aliphatic rings. The number of hydrogen-bond acceptors (Lipinski definition) is 11. The molecule has 0 spiro atoms. The third-order valence-corrected chi connectivity index (χ3v) is 14.3. The summed E-state index contributed by atoms with van der Waals surface area (Å²) in [5, 5.41) is 7.95. The van der Waals surface area contributed by atoms with Gasteiger partial charge in [0.2, 0.25) is 11.8 Å². The van der Waals surface area contributed by atoms with Gasteiger partial charge in [0.15, 0.2) is 0 Å². The van der Waals surface area contributed by atoms with Gasteiger partial charge in [0, 0.05) is 77.9 Å². The van der Waals surface area contributed by atoms with Crippen molar-refractivity contribution in [3.63, 3.8) is 0 Å². The molecule has 6 bridgehead atoms. The Morgan fingerprint density at radius 1 is 1.17 bits per heavy atom. The van der Waals surface area contributed by atoms with Crippen LogP contribution >= 0.6 is 11.3 Å². The second-order valence-corrected chi connectivity index (χ2v) is 19.6. The molecule has 340 valence electrons. The second kappa shape index (κ2) is 18.4. The molecule has 5 heterocycles. The molecule has 14 nitrogen and oxygen atoms in total. The second-order valence-electron chi connectivity index (χ2n) is 18.7. The standard InChI is InChI=1S/C48H65N7O7S/c1-12-30(38(49-13-2)28(6)60-11)40-32-24-47(7,8)26-62-46(59)33-17-16-21-55(52-33)45(58)39(51-42(56)36-27(5)37(36)44(57)54-22-20-48(54,9)10)41(61-15-4)43-50-34(25-63-43)29-18-19-35(31(32)23-29)53(40)14-3/h12-13,18-19,23,25,27-28,33,36-37,39,41,52H,1,14-17,20-22,24,26H2,2-11H3,(H,51,56)/b38-30+,49-13?/t27-,28+,33+,36-,37-,39+,41+/m1/s1. The van der Waals surface area contributed by atoms with Crippen LogP contribution in [0.3, 0.4) is 0 Å². The Morgan fingerprint density at radius 3 is 2.57 bits per heavy atom. The molecule has 15 heteroatoms. The summed E-state index contributed by atoms with van der Waals surface area (Å²) in [5.41, 5.74) is 8.58. The number of fused-ring (bicyclic) bond motifs is 6. The summed E-state index contributed by atoms with van der Waals surface area (Å²) in [6.45, 7) is 24.2. The number of hydrogen-bond donors (Lipinski definition) is 2. The first-order chi connectivity index (χ1) is 30.0. The lowest BCUT2D eigenvalue weighted by Gasteiger charge is -2.48. The van der Waals surface area contributed by atoms with Gasteiger partial charge in [-0.15, -0.1) is 11.3 Å². The van der Waals surface area contributed by atoms with Gasteiger partial charge in [-0.05, 0) is 90.8 Å². The summed E-state index contributed by atoms with van der Waals surface area (Å²) in [5.74, 6) is -2.59. The lowest BCUT2D eigenvalue weighted by molar-refractivity contribution is -0.156. The molecule has 0 radical (unpaired) electrons. The molecule has 2 N–H and O–H groups in total. The van der Waals surface area contributed by atoms with Gasteiger partial charge in [-0.3, -0.25) is 29.2 Å². The van der Waals surface area contributed by atoms with Crippen molar-refractivity contribution in [3.05, 3.63) is 58.2 Å². The van der Waals surface area contributed by atoms with Crippen molar-refractivity contribution in [1.29, 1.82) is 0 Å². The lowest BCUT2D eigenvalue weighted by atomic mass is 9.84. The normalized spacial score (nSPS) is 26.7. The molecule has 2 aromatic heterocycles. The molecule has 2 saturated heterocycles. The molecule has 1 aliphatic carbocycles. The molecule has 0 unspecified atom stereocenters. The van der Waals surface area contributed by atoms with E-state index in [2.05, 4.69) is 60.9 Å². The number of cyclic esters (lactones) is 1. The van der Waals surface area contributed by atoms with E-state index in [0.29, 0.717) is 49.6 Å². The highest BCUT2D eigenvalue weighted by Crippen LogP contribution is 2.50. The summed E-state index contributed by atoms with van der Waals surface area (Å²) in [4.78, 5) is 68.5. The number of aliphatic imine (C=N–C) groups is 1. The van der Waals surface area contributed by atoms with E-state index >= 15 is 0 Å². The first kappa shape index (κ1) is 46.3. The van der Waals surface area contributed by atoms with Crippen molar-refractivity contribution in [2.45, 2.75) is 124 Å². The van der Waals surface area contributed by atoms with Gasteiger partial charge < -0.3 is 29.0 Å². The fourth-order valence-corrected chi connectivity index (χ4v) is 10.5. The maximum Gasteiger partial charge on any atom is 0.324 e. The first-order valence-corrected chi connectivity index (χ1v) is 23.4. The fraction of sp³-hybridized carbons (Fsp3) is 0.583. The molecule has 3 aliphatic heterocycles. The van der Waals surface area contributed by atoms with Crippen molar-refractivity contribution in [1.82, 2.24) is 30.2 Å². The van der Waals surface area contributed by atoms with Crippen molar-refractivity contribution >= 4 is 57.7 Å². The van der Waals surface area contributed by atoms with Crippen LogP contribution in [0.15, 0.2) is 46.9 Å². The average Bonchev–Trinajstić information content (AvgIpc) is 3.55. The van der Waals surface area contributed by atoms with E-state index in [1.165, 1.54) is 16.3 Å². The highest BCUT2D eigenvalue weighted by molar-refractivity contribution is 7.10. The van der Waals surface area contributed by atoms with Gasteiger partial charge in [0.25, 0.3) is 5.91 Å². The number of likely N-dealkylation sites (tertiary alicyclic amines) is 1. The Morgan fingerprint density at radius 2 is 1.94 bits per heavy atom. The third kappa shape index (κ3) is 8.90. The van der Waals surface area contributed by atoms with E-state index in [4.69, 9.17) is 24.2 Å². The largest absolute Gasteiger partial charge is 0.464 e. The smallest absolute Gasteiger partial charge is 0.324 e. The molecule has 3 aromatic rings. The molecule has 63 heavy (non-hydrogen) atoms. The number of nitrogens with one attached hydrogen (secondary N) is 2. The number of aromatic nitrogens is 2. The summed E-state index contributed by atoms with van der Waals surface area (Å²) >= 11 is 1.36. The van der Waals surface area contributed by atoms with Crippen molar-refractivity contribution in [3.8, 4) is 11.3 Å². The van der Waals surface area contributed by atoms with E-state index in [1.54, 1.807) is 13.3 Å². The molecule has 1 aromatic carbocycles. The van der Waals surface area contributed by atoms with Crippen LogP contribution < -0.4 is 10.7 Å². The number of nitrogens with zero attached hydrogens (tertiary/aromatic N) is 5. The molecular weight excluding hydrogens is 819 g/mol. The zero-order valence-corrected chi connectivity index (χ0v) is 39.4. The van der Waals surface area contributed by atoms with Gasteiger partial charge >= 0.3 is 5.97 Å². The Hall–Kier alpha value is -4.70. The van der Waals surface area contributed by atoms with Crippen LogP contribution in [0.2, 0.25) is 0 Å². The summed E-state index contributed by atoms with van der Waals surface area (Å²) in [6.07, 6.45) is 4.77. The lowest BCUT2D eigenvalue weighted by Crippen LogP contribution is -2.61. The maximum atomic E-state index is 14.8. The molecule has 1 saturated carbocycles. The number of amides is 3. The number of methoxy groups -OCH3 is 1. The SMILES string of the molecule is C=C/C(=C(\N=CC)[C@H](C)OC)c1c2c3cc(ccc3n1CC)-c1csc(n1)[C@@H](OCC)[C@H](NC(=O)[C@@H]1[C@@H](C)[C@H]1C(=O)N1CCC1(C)C)C(=O)N1CCC[C@H](N1)C(=O)OCC(C)(C)C2. The minimum Gasteiger partial charge on any atom is -0.464 e. The number of thiazole rings is 1. The van der Waals surface area contributed by atoms with Gasteiger partial charge in [0.1, 0.15) is 23.2 Å². The number of esters is 1. The fourth-order valence-electron chi connectivity index (χ4n) is 9.60. The quantitative estimate of drug-likeness (QED) is 0.119. The first-order valence-electron chi connectivity index (χ1n) is 22.5. The van der Waals surface area contributed by atoms with Crippen LogP contribution in [-0.2, 0) is 46.4 Å². The number of rotatable bonds is 11. The number of allylic oxidation sites excluding steroid dienone is 2. The van der Waals surface area contributed by atoms with Crippen LogP contribution in [0.4, 0.5) is 0 Å². The van der Waals surface area contributed by atoms with E-state index in [1.807, 2.05) is 57.9 Å². The van der Waals surface area contributed by atoms with Crippen molar-refractivity contribution in [2.24, 2.45) is 28.2 Å². The molecule has 7 rings (SSSR count). The topological polar surface area (TPSA) is 157 Å². The van der Waals surface area contributed by atoms with Crippen molar-refractivity contribution < 1.29 is 33.4 Å². The minimum atomic E-state index is -1.21. The highest BCUT2D eigenvalue weighted by atomic mass is 32.1. The van der Waals surface area contributed by atoms with E-state index in [0.717, 1.165) is 45.4 Å². The van der Waals surface area contributed by atoms with Gasteiger partial charge in [-0.25, -0.2) is 10.4 Å². The van der Waals surface area contributed by atoms with Gasteiger partial charge in [0.05, 0.1) is 41.6 Å². The zero-order valence-electron chi connectivity index (χ0n) is 38.6. The Balaban J connectivity index is 1.35. The Bertz CT molecular complexity index is 2330. The Labute approximate surface area is 375 Å². The number of carbonyl (C=O) groups is 4. The zero-order chi connectivity index (χ0) is 45.5. The van der Waals surface area contributed by atoms with E-state index < -0.39 is 47.3 Å². The highest BCUT2D eigenvalue weighted by Gasteiger charge is 2.60. The van der Waals surface area contributed by atoms with Crippen LogP contribution in [-0.4, -0.2) is 107 Å². The van der Waals surface area contributed by atoms with Crippen LogP contribution in [0.5, 0.6) is 0 Å². The average molecular weight is 884 g/mol. The van der Waals surface area contributed by atoms with Crippen LogP contribution in [0, 0.1) is 23.2 Å². The number of ether oxygens (including phenoxy) is 3. The van der Waals surface area contributed by atoms with Gasteiger partial charge in [-0.2, -0.15) is 0 Å². The third-order valence-electron chi connectivity index (χ3n) is 13.4. The molecule has 3 amide bonds. The summed E-state index contributed by atoms with van der Waals surface area (Å²) < 4.78 is 20.6. The van der Waals surface area contributed by atoms with E-state index in [-0.39, 0.29) is 42.6 Å². The predicted octanol–water partition coefficient (Wildman–Crippen LogP) is 6.88. The maximum absolute atomic E-state index is 14.8. The summed E-state index contributed by atoms with van der Waals surface area (Å²) in [6, 6.07) is 4.30. The van der Waals surface area contributed by atoms with E-state index in [9.17, 15) is 19.2 Å². The number of carbonyl (C=O) groups excluding carboxylic acids is 4. The number of hydrazine groups is 1. The number of aryl methyl sites for hydroxylation is 1. The molecule has 7 atom stereocenters. The van der Waals surface area contributed by atoms with Crippen molar-refractivity contribution in [2.75, 3.05) is 33.4 Å². The minimum absolute atomic E-state index is 0.0270. The molecule has 3 fully saturated rings. The summed E-state index contributed by atoms with van der Waals surface area (Å²) in [7, 11) is 1.67.